The number of piperidine rings is 1. The van der Waals surface area contributed by atoms with E-state index in [1.165, 1.54) is 54.7 Å². The second kappa shape index (κ2) is 20.0. The van der Waals surface area contributed by atoms with Crippen molar-refractivity contribution in [1.82, 2.24) is 29.4 Å². The van der Waals surface area contributed by atoms with E-state index in [2.05, 4.69) is 35.0 Å². The first-order chi connectivity index (χ1) is 34.2. The summed E-state index contributed by atoms with van der Waals surface area (Å²) in [6.45, 7) is 14.3. The zero-order valence-corrected chi connectivity index (χ0v) is 44.6. The minimum absolute atomic E-state index is 0.0548. The van der Waals surface area contributed by atoms with Crippen LogP contribution in [0.2, 0.25) is 5.02 Å². The van der Waals surface area contributed by atoms with Crippen LogP contribution in [0, 0.1) is 5.41 Å². The molecular weight excluding hydrogens is 1030 g/mol. The molecule has 2 fully saturated rings. The fourth-order valence-electron chi connectivity index (χ4n) is 8.76. The normalized spacial score (nSPS) is 17.1. The Kier molecular flexibility index (Phi) is 15.1. The highest BCUT2D eigenvalue weighted by molar-refractivity contribution is 7.89. The van der Waals surface area contributed by atoms with E-state index in [4.69, 9.17) is 16.6 Å². The molecule has 1 aliphatic heterocycles. The van der Waals surface area contributed by atoms with E-state index in [0.29, 0.717) is 48.8 Å². The van der Waals surface area contributed by atoms with Gasteiger partial charge >= 0.3 is 6.18 Å². The van der Waals surface area contributed by atoms with Gasteiger partial charge in [-0.2, -0.15) is 13.2 Å². The summed E-state index contributed by atoms with van der Waals surface area (Å²) >= 11 is 6.27. The van der Waals surface area contributed by atoms with Crippen molar-refractivity contribution in [3.05, 3.63) is 107 Å². The molecule has 7 rings (SSSR count). The molecule has 2 aliphatic rings. The molecule has 6 N–H and O–H groups in total. The van der Waals surface area contributed by atoms with Gasteiger partial charge in [-0.05, 0) is 136 Å². The SMILES string of the molecule is CC(C)(C)NS(=O)(=O)c1cccc(NC(=O)c2ncc(N(C3CC34CCN(c3nc(C(C)(O)C(F)(F)F)cnc3C(=O)Nc3cccc(S(=O)(=O)NC(C)(C)C)c3)CC4)C(C)(C)CO)nc2-c2ccc(Cl)cc2)c1. The molecule has 5 aromatic rings. The monoisotopic (exact) mass is 1080 g/mol. The molecule has 1 aliphatic carbocycles. The van der Waals surface area contributed by atoms with Gasteiger partial charge in [0, 0.05) is 52.2 Å². The van der Waals surface area contributed by atoms with Crippen LogP contribution in [0.3, 0.4) is 0 Å². The minimum atomic E-state index is -5.16. The van der Waals surface area contributed by atoms with Crippen LogP contribution < -0.4 is 29.9 Å². The molecule has 1 saturated carbocycles. The Balaban J connectivity index is 1.18. The number of sulfonamides is 2. The number of hydrogen-bond donors (Lipinski definition) is 6. The predicted molar refractivity (Wildman–Crippen MR) is 275 cm³/mol. The zero-order chi connectivity index (χ0) is 54.6. The summed E-state index contributed by atoms with van der Waals surface area (Å²) in [5.41, 5.74) is -6.90. The van der Waals surface area contributed by atoms with Gasteiger partial charge in [-0.15, -0.1) is 0 Å². The van der Waals surface area contributed by atoms with E-state index in [1.54, 1.807) is 70.7 Å². The number of amides is 2. The number of nitrogens with zero attached hydrogens (tertiary/aromatic N) is 6. The maximum atomic E-state index is 14.2. The summed E-state index contributed by atoms with van der Waals surface area (Å²) in [5.74, 6) is -1.51. The van der Waals surface area contributed by atoms with Crippen LogP contribution in [0.1, 0.15) is 108 Å². The number of aromatic nitrogens is 4. The fraction of sp³-hybridized carbons (Fsp3) is 0.440. The number of carbonyl (C=O) groups is 2. The van der Waals surface area contributed by atoms with Crippen molar-refractivity contribution < 1.29 is 49.8 Å². The van der Waals surface area contributed by atoms with E-state index < -0.39 is 71.4 Å². The lowest BCUT2D eigenvalue weighted by molar-refractivity contribution is -0.260. The highest BCUT2D eigenvalue weighted by Gasteiger charge is 2.60. The Morgan fingerprint density at radius 1 is 0.757 bits per heavy atom. The molecule has 2 amide bonds. The van der Waals surface area contributed by atoms with Crippen molar-refractivity contribution in [1.29, 1.82) is 0 Å². The van der Waals surface area contributed by atoms with E-state index in [9.17, 15) is 49.8 Å². The molecule has 74 heavy (non-hydrogen) atoms. The number of benzene rings is 3. The van der Waals surface area contributed by atoms with Crippen molar-refractivity contribution in [3.8, 4) is 11.3 Å². The molecule has 0 bridgehead atoms. The number of rotatable bonds is 15. The molecule has 18 nitrogen and oxygen atoms in total. The van der Waals surface area contributed by atoms with Crippen molar-refractivity contribution in [3.63, 3.8) is 0 Å². The number of hydrogen-bond acceptors (Lipinski definition) is 14. The molecule has 2 atom stereocenters. The van der Waals surface area contributed by atoms with Gasteiger partial charge in [0.25, 0.3) is 11.8 Å². The number of nitrogens with one attached hydrogen (secondary N) is 4. The lowest BCUT2D eigenvalue weighted by Crippen LogP contribution is -2.51. The van der Waals surface area contributed by atoms with Crippen molar-refractivity contribution in [2.75, 3.05) is 40.1 Å². The molecule has 2 aromatic heterocycles. The van der Waals surface area contributed by atoms with E-state index in [0.717, 1.165) is 0 Å². The molecule has 1 saturated heterocycles. The van der Waals surface area contributed by atoms with Gasteiger partial charge in [0.05, 0.1) is 34.3 Å². The maximum Gasteiger partial charge on any atom is 0.422 e. The summed E-state index contributed by atoms with van der Waals surface area (Å²) in [5, 5.41) is 27.3. The first-order valence-corrected chi connectivity index (χ1v) is 26.9. The molecule has 398 valence electrons. The predicted octanol–water partition coefficient (Wildman–Crippen LogP) is 7.65. The highest BCUT2D eigenvalue weighted by Crippen LogP contribution is 2.59. The van der Waals surface area contributed by atoms with Gasteiger partial charge in [-0.25, -0.2) is 46.2 Å². The third-order valence-electron chi connectivity index (χ3n) is 12.6. The average molecular weight is 1090 g/mol. The van der Waals surface area contributed by atoms with E-state index >= 15 is 0 Å². The molecule has 24 heteroatoms. The number of halogens is 4. The van der Waals surface area contributed by atoms with Gasteiger partial charge in [0.1, 0.15) is 17.2 Å². The van der Waals surface area contributed by atoms with Gasteiger partial charge < -0.3 is 30.6 Å². The minimum Gasteiger partial charge on any atom is -0.394 e. The first kappa shape index (κ1) is 55.9. The lowest BCUT2D eigenvalue weighted by Gasteiger charge is -2.42. The quantitative estimate of drug-likeness (QED) is 0.0590. The van der Waals surface area contributed by atoms with Crippen LogP contribution in [-0.4, -0.2) is 107 Å². The van der Waals surface area contributed by atoms with Crippen LogP contribution >= 0.6 is 11.6 Å². The Morgan fingerprint density at radius 2 is 1.26 bits per heavy atom. The topological polar surface area (TPSA) is 249 Å². The Bertz CT molecular complexity index is 3180. The highest BCUT2D eigenvalue weighted by atomic mass is 35.5. The summed E-state index contributed by atoms with van der Waals surface area (Å²) < 4.78 is 100. The number of anilines is 4. The van der Waals surface area contributed by atoms with Gasteiger partial charge in [0.15, 0.2) is 17.2 Å². The largest absolute Gasteiger partial charge is 0.422 e. The van der Waals surface area contributed by atoms with Crippen molar-refractivity contribution in [2.45, 2.75) is 126 Å². The number of aliphatic hydroxyl groups is 2. The average Bonchev–Trinajstić information content (AvgIpc) is 3.97. The van der Waals surface area contributed by atoms with Gasteiger partial charge in [-0.3, -0.25) is 9.59 Å². The zero-order valence-electron chi connectivity index (χ0n) is 42.3. The third kappa shape index (κ3) is 12.3. The summed E-state index contributed by atoms with van der Waals surface area (Å²) in [7, 11) is -7.98. The van der Waals surface area contributed by atoms with Crippen LogP contribution in [-0.2, 0) is 25.6 Å². The van der Waals surface area contributed by atoms with Crippen LogP contribution in [0.15, 0.2) is 95.0 Å². The summed E-state index contributed by atoms with van der Waals surface area (Å²) in [4.78, 5) is 49.5. The number of aliphatic hydroxyl groups excluding tert-OH is 1. The Labute approximate surface area is 433 Å². The summed E-state index contributed by atoms with van der Waals surface area (Å²) in [6, 6.07) is 17.5. The van der Waals surface area contributed by atoms with Crippen molar-refractivity contribution >= 4 is 66.5 Å². The van der Waals surface area contributed by atoms with Gasteiger partial charge in [-0.1, -0.05) is 35.9 Å². The third-order valence-corrected chi connectivity index (χ3v) is 16.4. The Morgan fingerprint density at radius 3 is 1.74 bits per heavy atom. The first-order valence-electron chi connectivity index (χ1n) is 23.5. The van der Waals surface area contributed by atoms with Crippen LogP contribution in [0.5, 0.6) is 0 Å². The van der Waals surface area contributed by atoms with E-state index in [-0.39, 0.29) is 69.8 Å². The second-order valence-corrected chi connectivity index (χ2v) is 25.3. The van der Waals surface area contributed by atoms with Crippen molar-refractivity contribution in [2.24, 2.45) is 5.41 Å². The van der Waals surface area contributed by atoms with E-state index in [1.807, 2.05) is 18.7 Å². The Hall–Kier alpha value is -5.82. The van der Waals surface area contributed by atoms with Crippen LogP contribution in [0.4, 0.5) is 36.2 Å². The standard InChI is InChI=1S/C50H60ClF3N10O8S2/c1-45(2,3)61-73(69,70)34-14-10-12-32(24-34)57-43(66)40-39(30-16-18-31(51)19-17-30)60-38(28-56-40)64(47(7,8)29-65)37-26-49(37)20-22-63(23-21-49)42-41(55-27-36(59-42)48(9,68)50(52,53)54)44(67)58-33-13-11-15-35(25-33)74(71,72)62-46(4,5)6/h10-19,24-25,27-28,37,61-62,65,68H,20-23,26,29H2,1-9H3,(H,57,66)(H,58,67). The molecular formula is C50H60ClF3N10O8S2. The molecule has 2 unspecified atom stereocenters. The number of alkyl halides is 3. The molecule has 3 heterocycles. The molecule has 3 aromatic carbocycles. The summed E-state index contributed by atoms with van der Waals surface area (Å²) in [6.07, 6.45) is -1.65. The van der Waals surface area contributed by atoms with Gasteiger partial charge in [0.2, 0.25) is 25.6 Å². The maximum absolute atomic E-state index is 14.2. The molecule has 1 spiro atoms. The number of carbonyl (C=O) groups excluding carboxylic acids is 2. The fourth-order valence-corrected chi connectivity index (χ4v) is 11.8. The van der Waals surface area contributed by atoms with Crippen LogP contribution in [0.25, 0.3) is 11.3 Å². The molecule has 0 radical (unpaired) electrons. The second-order valence-electron chi connectivity index (χ2n) is 21.5. The smallest absolute Gasteiger partial charge is 0.394 e. The lowest BCUT2D eigenvalue weighted by atomic mass is 9.91.